The normalized spacial score (nSPS) is 18.6. The van der Waals surface area contributed by atoms with Crippen LogP contribution in [0.4, 0.5) is 0 Å². The summed E-state index contributed by atoms with van der Waals surface area (Å²) in [6, 6.07) is 8.37. The van der Waals surface area contributed by atoms with Gasteiger partial charge >= 0.3 is 0 Å². The van der Waals surface area contributed by atoms with E-state index in [4.69, 9.17) is 0 Å². The standard InChI is InChI=1S/C18H28N2O3S/c1-3-15-7-9-16(10-8-15)11-12-18(21)20-13-5-4-6-17(20)14-19-24(2,22)23/h7-10,17,19H,3-6,11-14H2,1-2H3. The van der Waals surface area contributed by atoms with Crippen LogP contribution in [0.3, 0.4) is 0 Å². The summed E-state index contributed by atoms with van der Waals surface area (Å²) in [5.74, 6) is 0.120. The van der Waals surface area contributed by atoms with Crippen LogP contribution in [0.25, 0.3) is 0 Å². The third-order valence-corrected chi connectivity index (χ3v) is 5.28. The molecule has 6 heteroatoms. The number of piperidine rings is 1. The summed E-state index contributed by atoms with van der Waals surface area (Å²) < 4.78 is 25.1. The van der Waals surface area contributed by atoms with Crippen LogP contribution in [0.15, 0.2) is 24.3 Å². The predicted octanol–water partition coefficient (Wildman–Crippen LogP) is 2.11. The van der Waals surface area contributed by atoms with Crippen molar-refractivity contribution in [3.63, 3.8) is 0 Å². The Balaban J connectivity index is 1.90. The number of amides is 1. The molecule has 0 aromatic heterocycles. The molecule has 0 saturated carbocycles. The van der Waals surface area contributed by atoms with Gasteiger partial charge in [-0.15, -0.1) is 0 Å². The minimum atomic E-state index is -3.22. The molecule has 1 unspecified atom stereocenters. The Morgan fingerprint density at radius 3 is 2.50 bits per heavy atom. The van der Waals surface area contributed by atoms with Crippen LogP contribution in [0, 0.1) is 0 Å². The smallest absolute Gasteiger partial charge is 0.223 e. The number of nitrogens with one attached hydrogen (secondary N) is 1. The SMILES string of the molecule is CCc1ccc(CCC(=O)N2CCCCC2CNS(C)(=O)=O)cc1. The molecule has 1 saturated heterocycles. The molecular weight excluding hydrogens is 324 g/mol. The number of aryl methyl sites for hydroxylation is 2. The van der Waals surface area contributed by atoms with Crippen molar-refractivity contribution in [1.29, 1.82) is 0 Å². The number of likely N-dealkylation sites (tertiary alicyclic amines) is 1. The molecule has 1 aromatic rings. The summed E-state index contributed by atoms with van der Waals surface area (Å²) in [5.41, 5.74) is 2.47. The zero-order valence-electron chi connectivity index (χ0n) is 14.6. The van der Waals surface area contributed by atoms with E-state index < -0.39 is 10.0 Å². The Bertz CT molecular complexity index is 641. The molecule has 0 bridgehead atoms. The van der Waals surface area contributed by atoms with Crippen LogP contribution in [0.5, 0.6) is 0 Å². The van der Waals surface area contributed by atoms with E-state index in [9.17, 15) is 13.2 Å². The molecule has 1 aliphatic rings. The van der Waals surface area contributed by atoms with Crippen LogP contribution in [-0.4, -0.2) is 44.6 Å². The van der Waals surface area contributed by atoms with Crippen LogP contribution in [-0.2, 0) is 27.7 Å². The molecule has 134 valence electrons. The summed E-state index contributed by atoms with van der Waals surface area (Å²) in [4.78, 5) is 14.4. The van der Waals surface area contributed by atoms with Gasteiger partial charge in [0.1, 0.15) is 0 Å². The topological polar surface area (TPSA) is 66.5 Å². The summed E-state index contributed by atoms with van der Waals surface area (Å²) in [6.07, 6.45) is 6.26. The van der Waals surface area contributed by atoms with Gasteiger partial charge in [0.2, 0.25) is 15.9 Å². The minimum absolute atomic E-state index is 0.0246. The molecule has 0 radical (unpaired) electrons. The van der Waals surface area contributed by atoms with E-state index in [1.165, 1.54) is 11.1 Å². The molecule has 2 rings (SSSR count). The van der Waals surface area contributed by atoms with Crippen LogP contribution in [0.2, 0.25) is 0 Å². The molecule has 0 aliphatic carbocycles. The van der Waals surface area contributed by atoms with Crippen molar-refractivity contribution in [2.75, 3.05) is 19.3 Å². The van der Waals surface area contributed by atoms with E-state index >= 15 is 0 Å². The van der Waals surface area contributed by atoms with Crippen molar-refractivity contribution in [2.45, 2.75) is 51.5 Å². The summed E-state index contributed by atoms with van der Waals surface area (Å²) in [5, 5.41) is 0. The molecule has 0 spiro atoms. The van der Waals surface area contributed by atoms with E-state index in [2.05, 4.69) is 35.9 Å². The molecule has 1 aliphatic heterocycles. The first-order chi connectivity index (χ1) is 11.4. The molecule has 1 N–H and O–H groups in total. The highest BCUT2D eigenvalue weighted by atomic mass is 32.2. The number of hydrogen-bond acceptors (Lipinski definition) is 3. The van der Waals surface area contributed by atoms with E-state index in [0.29, 0.717) is 13.0 Å². The maximum atomic E-state index is 12.6. The maximum Gasteiger partial charge on any atom is 0.223 e. The Kier molecular flexibility index (Phi) is 6.80. The van der Waals surface area contributed by atoms with Crippen molar-refractivity contribution in [3.8, 4) is 0 Å². The van der Waals surface area contributed by atoms with Crippen molar-refractivity contribution < 1.29 is 13.2 Å². The van der Waals surface area contributed by atoms with Gasteiger partial charge in [0.05, 0.1) is 6.26 Å². The largest absolute Gasteiger partial charge is 0.338 e. The van der Waals surface area contributed by atoms with E-state index in [1.807, 2.05) is 4.90 Å². The summed E-state index contributed by atoms with van der Waals surface area (Å²) in [7, 11) is -3.22. The van der Waals surface area contributed by atoms with Crippen molar-refractivity contribution in [3.05, 3.63) is 35.4 Å². The van der Waals surface area contributed by atoms with Gasteiger partial charge in [0, 0.05) is 25.6 Å². The van der Waals surface area contributed by atoms with Gasteiger partial charge in [0.25, 0.3) is 0 Å². The zero-order chi connectivity index (χ0) is 17.6. The quantitative estimate of drug-likeness (QED) is 0.817. The average molecular weight is 352 g/mol. The first-order valence-electron chi connectivity index (χ1n) is 8.71. The monoisotopic (exact) mass is 352 g/mol. The highest BCUT2D eigenvalue weighted by Crippen LogP contribution is 2.18. The number of benzene rings is 1. The lowest BCUT2D eigenvalue weighted by Crippen LogP contribution is -2.49. The lowest BCUT2D eigenvalue weighted by Gasteiger charge is -2.36. The summed E-state index contributed by atoms with van der Waals surface area (Å²) in [6.45, 7) is 3.17. The van der Waals surface area contributed by atoms with Crippen LogP contribution in [0.1, 0.15) is 43.7 Å². The molecule has 1 aromatic carbocycles. The van der Waals surface area contributed by atoms with Crippen LogP contribution < -0.4 is 4.72 Å². The van der Waals surface area contributed by atoms with Crippen molar-refractivity contribution in [1.82, 2.24) is 9.62 Å². The van der Waals surface area contributed by atoms with E-state index in [-0.39, 0.29) is 11.9 Å². The Labute approximate surface area is 145 Å². The minimum Gasteiger partial charge on any atom is -0.338 e. The first kappa shape index (κ1) is 18.9. The number of carbonyl (C=O) groups excluding carboxylic acids is 1. The zero-order valence-corrected chi connectivity index (χ0v) is 15.4. The Hall–Kier alpha value is -1.40. The second kappa shape index (κ2) is 8.62. The third kappa shape index (κ3) is 5.91. The van der Waals surface area contributed by atoms with E-state index in [0.717, 1.165) is 44.9 Å². The molecule has 1 amide bonds. The fourth-order valence-electron chi connectivity index (χ4n) is 3.13. The fraction of sp³-hybridized carbons (Fsp3) is 0.611. The fourth-order valence-corrected chi connectivity index (χ4v) is 3.62. The van der Waals surface area contributed by atoms with Gasteiger partial charge < -0.3 is 4.90 Å². The van der Waals surface area contributed by atoms with Gasteiger partial charge in [-0.1, -0.05) is 31.2 Å². The Morgan fingerprint density at radius 2 is 1.88 bits per heavy atom. The highest BCUT2D eigenvalue weighted by Gasteiger charge is 2.26. The Morgan fingerprint density at radius 1 is 1.21 bits per heavy atom. The lowest BCUT2D eigenvalue weighted by molar-refractivity contribution is -0.134. The van der Waals surface area contributed by atoms with Gasteiger partial charge in [0.15, 0.2) is 0 Å². The molecule has 1 heterocycles. The predicted molar refractivity (Wildman–Crippen MR) is 96.3 cm³/mol. The van der Waals surface area contributed by atoms with Crippen molar-refractivity contribution >= 4 is 15.9 Å². The second-order valence-electron chi connectivity index (χ2n) is 6.53. The van der Waals surface area contributed by atoms with E-state index in [1.54, 1.807) is 0 Å². The second-order valence-corrected chi connectivity index (χ2v) is 8.36. The maximum absolute atomic E-state index is 12.6. The number of sulfonamides is 1. The van der Waals surface area contributed by atoms with Gasteiger partial charge in [-0.2, -0.15) is 0 Å². The summed E-state index contributed by atoms with van der Waals surface area (Å²) >= 11 is 0. The third-order valence-electron chi connectivity index (χ3n) is 4.59. The lowest BCUT2D eigenvalue weighted by atomic mass is 10.0. The molecule has 5 nitrogen and oxygen atoms in total. The average Bonchev–Trinajstić information content (AvgIpc) is 2.58. The van der Waals surface area contributed by atoms with Gasteiger partial charge in [-0.3, -0.25) is 4.79 Å². The van der Waals surface area contributed by atoms with Crippen LogP contribution >= 0.6 is 0 Å². The number of hydrogen-bond donors (Lipinski definition) is 1. The highest BCUT2D eigenvalue weighted by molar-refractivity contribution is 7.88. The molecular formula is C18H28N2O3S. The number of rotatable bonds is 7. The van der Waals surface area contributed by atoms with Gasteiger partial charge in [-0.25, -0.2) is 13.1 Å². The first-order valence-corrected chi connectivity index (χ1v) is 10.6. The van der Waals surface area contributed by atoms with Crippen molar-refractivity contribution in [2.24, 2.45) is 0 Å². The molecule has 1 fully saturated rings. The van der Waals surface area contributed by atoms with Gasteiger partial charge in [-0.05, 0) is 43.2 Å². The number of nitrogens with zero attached hydrogens (tertiary/aromatic N) is 1. The number of carbonyl (C=O) groups is 1. The molecule has 24 heavy (non-hydrogen) atoms. The molecule has 1 atom stereocenters.